The van der Waals surface area contributed by atoms with E-state index in [-0.39, 0.29) is 5.82 Å². The molecule has 3 rings (SSSR count). The second-order valence-corrected chi connectivity index (χ2v) is 4.92. The number of benzene rings is 2. The lowest BCUT2D eigenvalue weighted by molar-refractivity contribution is 0.628. The first-order valence-electron chi connectivity index (χ1n) is 6.46. The highest BCUT2D eigenvalue weighted by Crippen LogP contribution is 2.32. The van der Waals surface area contributed by atoms with Gasteiger partial charge in [0.2, 0.25) is 0 Å². The van der Waals surface area contributed by atoms with Crippen molar-refractivity contribution in [1.29, 1.82) is 0 Å². The Labute approximate surface area is 127 Å². The Kier molecular flexibility index (Phi) is 3.84. The first-order valence-corrected chi connectivity index (χ1v) is 6.84. The summed E-state index contributed by atoms with van der Waals surface area (Å²) in [5, 5.41) is 3.75. The van der Waals surface area contributed by atoms with E-state index in [4.69, 9.17) is 11.6 Å². The smallest absolute Gasteiger partial charge is 0.125 e. The summed E-state index contributed by atoms with van der Waals surface area (Å²) in [5.74, 6) is -0.316. The van der Waals surface area contributed by atoms with Crippen molar-refractivity contribution in [1.82, 2.24) is 4.98 Å². The van der Waals surface area contributed by atoms with Gasteiger partial charge in [0.25, 0.3) is 0 Å². The number of rotatable bonds is 3. The van der Waals surface area contributed by atoms with Gasteiger partial charge in [0.15, 0.2) is 0 Å². The molecule has 0 radical (unpaired) electrons. The van der Waals surface area contributed by atoms with E-state index < -0.39 is 0 Å². The van der Waals surface area contributed by atoms with Crippen LogP contribution in [0.2, 0.25) is 5.02 Å². The van der Waals surface area contributed by atoms with Gasteiger partial charge in [-0.05, 0) is 42.5 Å². The minimum atomic E-state index is -0.316. The first kappa shape index (κ1) is 13.6. The minimum Gasteiger partial charge on any atom is -0.354 e. The van der Waals surface area contributed by atoms with E-state index in [0.29, 0.717) is 10.7 Å². The van der Waals surface area contributed by atoms with Crippen LogP contribution in [0.25, 0.3) is 11.3 Å². The van der Waals surface area contributed by atoms with Gasteiger partial charge in [-0.3, -0.25) is 4.98 Å². The molecule has 0 aliphatic heterocycles. The van der Waals surface area contributed by atoms with E-state index in [1.807, 2.05) is 36.4 Å². The van der Waals surface area contributed by atoms with Crippen LogP contribution in [0.1, 0.15) is 0 Å². The van der Waals surface area contributed by atoms with Crippen molar-refractivity contribution in [3.63, 3.8) is 0 Å². The van der Waals surface area contributed by atoms with Crippen LogP contribution in [0.3, 0.4) is 0 Å². The van der Waals surface area contributed by atoms with Gasteiger partial charge < -0.3 is 5.32 Å². The van der Waals surface area contributed by atoms with Crippen LogP contribution in [0.15, 0.2) is 66.9 Å². The molecule has 1 aromatic heterocycles. The highest BCUT2D eigenvalue weighted by atomic mass is 35.5. The number of hydrogen-bond donors (Lipinski definition) is 1. The van der Waals surface area contributed by atoms with Crippen molar-refractivity contribution in [3.8, 4) is 11.3 Å². The lowest BCUT2D eigenvalue weighted by atomic mass is 10.1. The average molecular weight is 299 g/mol. The molecule has 0 unspecified atom stereocenters. The van der Waals surface area contributed by atoms with Crippen LogP contribution >= 0.6 is 11.6 Å². The van der Waals surface area contributed by atoms with E-state index in [0.717, 1.165) is 16.9 Å². The standard InChI is InChI=1S/C17H12ClFN2/c18-14-5-1-2-7-16(14)21-17-11-12(19)8-9-13(17)15-6-3-4-10-20-15/h1-11,21H. The van der Waals surface area contributed by atoms with Gasteiger partial charge >= 0.3 is 0 Å². The second-order valence-electron chi connectivity index (χ2n) is 4.51. The van der Waals surface area contributed by atoms with Crippen molar-refractivity contribution in [2.75, 3.05) is 5.32 Å². The molecule has 0 aliphatic carbocycles. The number of halogens is 2. The van der Waals surface area contributed by atoms with E-state index in [9.17, 15) is 4.39 Å². The van der Waals surface area contributed by atoms with Crippen molar-refractivity contribution in [3.05, 3.63) is 77.7 Å². The molecule has 2 nitrogen and oxygen atoms in total. The van der Waals surface area contributed by atoms with Crippen molar-refractivity contribution < 1.29 is 4.39 Å². The number of nitrogens with one attached hydrogen (secondary N) is 1. The summed E-state index contributed by atoms with van der Waals surface area (Å²) in [5.41, 5.74) is 2.94. The fourth-order valence-electron chi connectivity index (χ4n) is 2.07. The summed E-state index contributed by atoms with van der Waals surface area (Å²) in [6.45, 7) is 0. The molecule has 104 valence electrons. The first-order chi connectivity index (χ1) is 10.2. The van der Waals surface area contributed by atoms with Crippen LogP contribution in [-0.2, 0) is 0 Å². The molecule has 1 heterocycles. The number of para-hydroxylation sites is 1. The van der Waals surface area contributed by atoms with Crippen LogP contribution in [0.4, 0.5) is 15.8 Å². The van der Waals surface area contributed by atoms with E-state index >= 15 is 0 Å². The van der Waals surface area contributed by atoms with Crippen molar-refractivity contribution >= 4 is 23.0 Å². The number of pyridine rings is 1. The molecule has 0 saturated carbocycles. The highest BCUT2D eigenvalue weighted by Gasteiger charge is 2.09. The molecule has 0 fully saturated rings. The summed E-state index contributed by atoms with van der Waals surface area (Å²) >= 11 is 6.14. The molecule has 0 bridgehead atoms. The molecule has 0 amide bonds. The molecular weight excluding hydrogens is 287 g/mol. The fraction of sp³-hybridized carbons (Fsp3) is 0. The molecular formula is C17H12ClFN2. The third kappa shape index (κ3) is 3.03. The van der Waals surface area contributed by atoms with Gasteiger partial charge in [-0.15, -0.1) is 0 Å². The van der Waals surface area contributed by atoms with Gasteiger partial charge in [-0.25, -0.2) is 4.39 Å². The molecule has 1 N–H and O–H groups in total. The fourth-order valence-corrected chi connectivity index (χ4v) is 2.26. The lowest BCUT2D eigenvalue weighted by Crippen LogP contribution is -1.96. The molecule has 0 saturated heterocycles. The summed E-state index contributed by atoms with van der Waals surface area (Å²) in [6.07, 6.45) is 1.71. The Morgan fingerprint density at radius 1 is 0.905 bits per heavy atom. The third-order valence-electron chi connectivity index (χ3n) is 3.07. The van der Waals surface area contributed by atoms with E-state index in [1.54, 1.807) is 18.3 Å². The maximum absolute atomic E-state index is 13.6. The summed E-state index contributed by atoms with van der Waals surface area (Å²) in [7, 11) is 0. The zero-order valence-electron chi connectivity index (χ0n) is 11.1. The monoisotopic (exact) mass is 298 g/mol. The number of aromatic nitrogens is 1. The predicted octanol–water partition coefficient (Wildman–Crippen LogP) is 5.28. The van der Waals surface area contributed by atoms with Gasteiger partial charge in [0.1, 0.15) is 5.82 Å². The molecule has 3 aromatic rings. The number of nitrogens with zero attached hydrogens (tertiary/aromatic N) is 1. The topological polar surface area (TPSA) is 24.9 Å². The lowest BCUT2D eigenvalue weighted by Gasteiger charge is -2.13. The van der Waals surface area contributed by atoms with Crippen molar-refractivity contribution in [2.24, 2.45) is 0 Å². The van der Waals surface area contributed by atoms with E-state index in [1.165, 1.54) is 12.1 Å². The van der Waals surface area contributed by atoms with Crippen LogP contribution < -0.4 is 5.32 Å². The Bertz CT molecular complexity index is 760. The quantitative estimate of drug-likeness (QED) is 0.711. The zero-order valence-corrected chi connectivity index (χ0v) is 11.8. The second kappa shape index (κ2) is 5.94. The number of hydrogen-bond acceptors (Lipinski definition) is 2. The van der Waals surface area contributed by atoms with Gasteiger partial charge in [0, 0.05) is 11.8 Å². The Balaban J connectivity index is 2.06. The zero-order chi connectivity index (χ0) is 14.7. The largest absolute Gasteiger partial charge is 0.354 e. The average Bonchev–Trinajstić information content (AvgIpc) is 2.51. The highest BCUT2D eigenvalue weighted by molar-refractivity contribution is 6.33. The maximum atomic E-state index is 13.6. The van der Waals surface area contributed by atoms with Gasteiger partial charge in [0.05, 0.1) is 22.1 Å². The minimum absolute atomic E-state index is 0.316. The molecule has 0 aliphatic rings. The van der Waals surface area contributed by atoms with E-state index in [2.05, 4.69) is 10.3 Å². The summed E-state index contributed by atoms with van der Waals surface area (Å²) in [4.78, 5) is 4.31. The predicted molar refractivity (Wildman–Crippen MR) is 84.4 cm³/mol. The van der Waals surface area contributed by atoms with Crippen LogP contribution in [-0.4, -0.2) is 4.98 Å². The SMILES string of the molecule is Fc1ccc(-c2ccccn2)c(Nc2ccccc2Cl)c1. The normalized spacial score (nSPS) is 10.4. The summed E-state index contributed by atoms with van der Waals surface area (Å²) in [6, 6.07) is 17.5. The maximum Gasteiger partial charge on any atom is 0.125 e. The van der Waals surface area contributed by atoms with Gasteiger partial charge in [-0.2, -0.15) is 0 Å². The van der Waals surface area contributed by atoms with Crippen molar-refractivity contribution in [2.45, 2.75) is 0 Å². The molecule has 2 aromatic carbocycles. The Morgan fingerprint density at radius 3 is 2.48 bits per heavy atom. The Hall–Kier alpha value is -2.39. The summed E-state index contributed by atoms with van der Waals surface area (Å²) < 4.78 is 13.6. The molecule has 0 atom stereocenters. The van der Waals surface area contributed by atoms with Gasteiger partial charge in [-0.1, -0.05) is 29.8 Å². The number of anilines is 2. The van der Waals surface area contributed by atoms with Crippen LogP contribution in [0.5, 0.6) is 0 Å². The van der Waals surface area contributed by atoms with Crippen LogP contribution in [0, 0.1) is 5.82 Å². The molecule has 0 spiro atoms. The third-order valence-corrected chi connectivity index (χ3v) is 3.40. The Morgan fingerprint density at radius 2 is 1.71 bits per heavy atom. The molecule has 4 heteroatoms. The molecule has 21 heavy (non-hydrogen) atoms.